The predicted octanol–water partition coefficient (Wildman–Crippen LogP) is 17.5. The highest BCUT2D eigenvalue weighted by atomic mass is 32.2. The maximum atomic E-state index is 2.28. The molecule has 282 valence electrons. The molecule has 0 aromatic carbocycles. The third-order valence-electron chi connectivity index (χ3n) is 8.10. The largest absolute Gasteiger partial charge is 0.129 e. The molecule has 0 saturated heterocycles. The topological polar surface area (TPSA) is 0 Å². The van der Waals surface area contributed by atoms with E-state index >= 15 is 0 Å². The summed E-state index contributed by atoms with van der Waals surface area (Å²) < 4.78 is 2.86. The SMILES string of the molecule is CCCCCCCCCCSc1ccc(/C=C/C=C/C=C/C=C/C=C/C=C/C=C/C=C/C=C/C=C/c2ccc(SCCCCCCCCCC)s2)s1. The molecular weight excluding hydrogens is 705 g/mol. The van der Waals surface area contributed by atoms with Crippen LogP contribution in [0.2, 0.25) is 0 Å². The molecule has 0 N–H and O–H groups in total. The molecule has 0 amide bonds. The van der Waals surface area contributed by atoms with Crippen molar-refractivity contribution in [3.05, 3.63) is 143 Å². The van der Waals surface area contributed by atoms with Gasteiger partial charge in [0.1, 0.15) is 0 Å². The summed E-state index contributed by atoms with van der Waals surface area (Å²) in [7, 11) is 0. The molecule has 0 saturated carbocycles. The number of thioether (sulfide) groups is 2. The van der Waals surface area contributed by atoms with E-state index in [0.29, 0.717) is 0 Å². The normalized spacial score (nSPS) is 13.2. The van der Waals surface area contributed by atoms with Gasteiger partial charge in [-0.25, -0.2) is 0 Å². The Balaban J connectivity index is 1.48. The lowest BCUT2D eigenvalue weighted by molar-refractivity contribution is 0.586. The van der Waals surface area contributed by atoms with Gasteiger partial charge in [0.15, 0.2) is 0 Å². The van der Waals surface area contributed by atoms with Crippen molar-refractivity contribution in [2.75, 3.05) is 11.5 Å². The van der Waals surface area contributed by atoms with Gasteiger partial charge < -0.3 is 0 Å². The first-order valence-corrected chi connectivity index (χ1v) is 23.6. The van der Waals surface area contributed by atoms with Crippen molar-refractivity contribution in [3.63, 3.8) is 0 Å². The Morgan fingerprint density at radius 1 is 0.346 bits per heavy atom. The minimum absolute atomic E-state index is 1.24. The first-order chi connectivity index (χ1) is 25.8. The summed E-state index contributed by atoms with van der Waals surface area (Å²) in [6.45, 7) is 4.57. The molecule has 0 aliphatic carbocycles. The Bertz CT molecular complexity index is 1310. The van der Waals surface area contributed by atoms with E-state index in [1.54, 1.807) is 0 Å². The number of hydrogen-bond acceptors (Lipinski definition) is 4. The second-order valence-electron chi connectivity index (χ2n) is 12.8. The van der Waals surface area contributed by atoms with Gasteiger partial charge in [0.05, 0.1) is 8.42 Å². The van der Waals surface area contributed by atoms with Gasteiger partial charge in [-0.2, -0.15) is 0 Å². The Hall–Kier alpha value is -2.50. The quantitative estimate of drug-likeness (QED) is 0.0425. The molecule has 0 nitrogen and oxygen atoms in total. The lowest BCUT2D eigenvalue weighted by Gasteiger charge is -2.01. The fourth-order valence-corrected chi connectivity index (χ4v) is 9.43. The lowest BCUT2D eigenvalue weighted by atomic mass is 10.1. The van der Waals surface area contributed by atoms with Crippen LogP contribution < -0.4 is 0 Å². The third kappa shape index (κ3) is 28.1. The minimum Gasteiger partial charge on any atom is -0.129 e. The van der Waals surface area contributed by atoms with Gasteiger partial charge in [-0.1, -0.05) is 213 Å². The molecule has 2 aromatic rings. The second-order valence-corrected chi connectivity index (χ2v) is 17.8. The zero-order chi connectivity index (χ0) is 36.8. The molecule has 0 spiro atoms. The molecule has 0 bridgehead atoms. The van der Waals surface area contributed by atoms with Crippen LogP contribution in [0.5, 0.6) is 0 Å². The molecule has 0 aliphatic rings. The van der Waals surface area contributed by atoms with Crippen LogP contribution in [-0.2, 0) is 0 Å². The van der Waals surface area contributed by atoms with Gasteiger partial charge in [-0.3, -0.25) is 0 Å². The van der Waals surface area contributed by atoms with Crippen LogP contribution in [0.1, 0.15) is 126 Å². The van der Waals surface area contributed by atoms with Gasteiger partial charge in [-0.05, 0) is 60.8 Å². The van der Waals surface area contributed by atoms with Gasteiger partial charge in [0, 0.05) is 9.75 Å². The third-order valence-corrected chi connectivity index (χ3v) is 12.8. The van der Waals surface area contributed by atoms with E-state index < -0.39 is 0 Å². The van der Waals surface area contributed by atoms with E-state index in [2.05, 4.69) is 98.9 Å². The fraction of sp³-hybridized carbons (Fsp3) is 0.417. The molecule has 2 aromatic heterocycles. The van der Waals surface area contributed by atoms with Crippen molar-refractivity contribution in [1.82, 2.24) is 0 Å². The van der Waals surface area contributed by atoms with Crippen LogP contribution in [0, 0.1) is 0 Å². The Labute approximate surface area is 336 Å². The summed E-state index contributed by atoms with van der Waals surface area (Å²) in [4.78, 5) is 2.63. The molecule has 0 radical (unpaired) electrons. The van der Waals surface area contributed by atoms with E-state index in [0.717, 1.165) is 0 Å². The Morgan fingerprint density at radius 3 is 0.923 bits per heavy atom. The number of unbranched alkanes of at least 4 members (excludes halogenated alkanes) is 14. The summed E-state index contributed by atoms with van der Waals surface area (Å²) >= 11 is 7.80. The molecule has 0 fully saturated rings. The molecule has 4 heteroatoms. The van der Waals surface area contributed by atoms with Gasteiger partial charge in [-0.15, -0.1) is 46.2 Å². The van der Waals surface area contributed by atoms with Crippen molar-refractivity contribution in [1.29, 1.82) is 0 Å². The highest BCUT2D eigenvalue weighted by molar-refractivity contribution is 8.01. The van der Waals surface area contributed by atoms with Crippen molar-refractivity contribution in [3.8, 4) is 0 Å². The van der Waals surface area contributed by atoms with Gasteiger partial charge >= 0.3 is 0 Å². The number of thiophene rings is 2. The summed E-state index contributed by atoms with van der Waals surface area (Å²) in [6.07, 6.45) is 63.7. The van der Waals surface area contributed by atoms with E-state index in [1.807, 2.05) is 107 Å². The average Bonchev–Trinajstić information content (AvgIpc) is 3.82. The van der Waals surface area contributed by atoms with Crippen LogP contribution in [0.15, 0.2) is 142 Å². The van der Waals surface area contributed by atoms with Crippen molar-refractivity contribution >= 4 is 58.3 Å². The van der Waals surface area contributed by atoms with E-state index in [4.69, 9.17) is 0 Å². The van der Waals surface area contributed by atoms with Crippen LogP contribution in [0.3, 0.4) is 0 Å². The van der Waals surface area contributed by atoms with Crippen molar-refractivity contribution in [2.24, 2.45) is 0 Å². The minimum atomic E-state index is 1.24. The number of rotatable bonds is 31. The Morgan fingerprint density at radius 2 is 0.615 bits per heavy atom. The highest BCUT2D eigenvalue weighted by Gasteiger charge is 2.00. The second kappa shape index (κ2) is 35.5. The molecule has 52 heavy (non-hydrogen) atoms. The zero-order valence-electron chi connectivity index (χ0n) is 32.2. The maximum Gasteiger partial charge on any atom is 0.0604 e. The predicted molar refractivity (Wildman–Crippen MR) is 246 cm³/mol. The lowest BCUT2D eigenvalue weighted by Crippen LogP contribution is -1.82. The molecule has 0 unspecified atom stereocenters. The molecule has 0 aliphatic heterocycles. The zero-order valence-corrected chi connectivity index (χ0v) is 35.5. The fourth-order valence-electron chi connectivity index (χ4n) is 5.15. The van der Waals surface area contributed by atoms with Crippen LogP contribution in [0.25, 0.3) is 12.2 Å². The van der Waals surface area contributed by atoms with E-state index in [9.17, 15) is 0 Å². The van der Waals surface area contributed by atoms with Gasteiger partial charge in [0.2, 0.25) is 0 Å². The van der Waals surface area contributed by atoms with Crippen LogP contribution in [-0.4, -0.2) is 11.5 Å². The van der Waals surface area contributed by atoms with E-state index in [-0.39, 0.29) is 0 Å². The van der Waals surface area contributed by atoms with E-state index in [1.165, 1.54) is 132 Å². The molecule has 2 heterocycles. The van der Waals surface area contributed by atoms with Crippen LogP contribution >= 0.6 is 46.2 Å². The van der Waals surface area contributed by atoms with Crippen molar-refractivity contribution in [2.45, 2.75) is 125 Å². The smallest absolute Gasteiger partial charge is 0.0604 e. The highest BCUT2D eigenvalue weighted by Crippen LogP contribution is 2.30. The van der Waals surface area contributed by atoms with Crippen molar-refractivity contribution < 1.29 is 0 Å². The number of hydrogen-bond donors (Lipinski definition) is 0. The standard InChI is InChI=1S/C48H66S4/c1-3-5-7-9-11-27-31-35-43-49-47-41-39-45(51-47)37-33-29-25-23-21-19-17-15-13-14-16-18-20-22-24-26-30-34-38-46-40-42-48(52-46)50-44-36-32-28-12-10-8-6-4-2/h13-26,29-30,33-34,37-42H,3-12,27-28,31-32,35-36,43-44H2,1-2H3/b15-13+,16-14+,19-17+,20-18+,23-21+,24-22+,29-25+,30-26+,37-33+,38-34+. The maximum absolute atomic E-state index is 2.28. The summed E-state index contributed by atoms with van der Waals surface area (Å²) in [5, 5.41) is 0. The van der Waals surface area contributed by atoms with Crippen LogP contribution in [0.4, 0.5) is 0 Å². The summed E-state index contributed by atoms with van der Waals surface area (Å²) in [6, 6.07) is 8.99. The Kier molecular flexibility index (Phi) is 31.2. The summed E-state index contributed by atoms with van der Waals surface area (Å²) in [5.41, 5.74) is 0. The average molecular weight is 771 g/mol. The first-order valence-electron chi connectivity index (χ1n) is 19.9. The summed E-state index contributed by atoms with van der Waals surface area (Å²) in [5.74, 6) is 2.48. The van der Waals surface area contributed by atoms with Gasteiger partial charge in [0.25, 0.3) is 0 Å². The molecule has 2 rings (SSSR count). The molecular formula is C48H66S4. The monoisotopic (exact) mass is 770 g/mol. The molecule has 0 atom stereocenters. The number of allylic oxidation sites excluding steroid dienone is 18. The first kappa shape index (κ1) is 45.7.